The first-order valence-corrected chi connectivity index (χ1v) is 7.44. The van der Waals surface area contributed by atoms with Crippen LogP contribution in [0.15, 0.2) is 24.3 Å². The molecule has 0 amide bonds. The van der Waals surface area contributed by atoms with Gasteiger partial charge in [0.1, 0.15) is 6.61 Å². The maximum absolute atomic E-state index is 11.7. The zero-order chi connectivity index (χ0) is 12.7. The Hall–Kier alpha value is -0.470. The van der Waals surface area contributed by atoms with Crippen molar-refractivity contribution in [2.24, 2.45) is 5.73 Å². The number of hydrogen-bond donors (Lipinski definition) is 1. The SMILES string of the molecule is CCCO[P+](=O)CC(CN)c1ccc(Cl)cc1. The summed E-state index contributed by atoms with van der Waals surface area (Å²) in [6.45, 7) is 2.98. The molecule has 17 heavy (non-hydrogen) atoms. The molecule has 0 saturated carbocycles. The van der Waals surface area contributed by atoms with E-state index < -0.39 is 8.03 Å². The summed E-state index contributed by atoms with van der Waals surface area (Å²) in [5.74, 6) is 0.0627. The second-order valence-electron chi connectivity index (χ2n) is 3.83. The third-order valence-corrected chi connectivity index (χ3v) is 3.90. The molecule has 1 rings (SSSR count). The minimum Gasteiger partial charge on any atom is -0.330 e. The van der Waals surface area contributed by atoms with Gasteiger partial charge in [0.25, 0.3) is 0 Å². The highest BCUT2D eigenvalue weighted by Gasteiger charge is 2.25. The molecule has 0 heterocycles. The van der Waals surface area contributed by atoms with E-state index in [9.17, 15) is 4.57 Å². The molecule has 2 unspecified atom stereocenters. The molecule has 94 valence electrons. The zero-order valence-electron chi connectivity index (χ0n) is 9.93. The van der Waals surface area contributed by atoms with E-state index in [0.29, 0.717) is 24.3 Å². The van der Waals surface area contributed by atoms with E-state index in [4.69, 9.17) is 21.9 Å². The van der Waals surface area contributed by atoms with Crippen LogP contribution in [0.5, 0.6) is 0 Å². The summed E-state index contributed by atoms with van der Waals surface area (Å²) in [4.78, 5) is 0. The Morgan fingerprint density at radius 2 is 2.06 bits per heavy atom. The van der Waals surface area contributed by atoms with Gasteiger partial charge in [0.2, 0.25) is 0 Å². The maximum atomic E-state index is 11.7. The Balaban J connectivity index is 2.59. The van der Waals surface area contributed by atoms with Crippen LogP contribution in [0, 0.1) is 0 Å². The second-order valence-corrected chi connectivity index (χ2v) is 5.56. The highest BCUT2D eigenvalue weighted by Crippen LogP contribution is 2.30. The van der Waals surface area contributed by atoms with Crippen molar-refractivity contribution in [3.63, 3.8) is 0 Å². The first-order valence-electron chi connectivity index (χ1n) is 5.70. The molecule has 1 aromatic rings. The quantitative estimate of drug-likeness (QED) is 0.774. The van der Waals surface area contributed by atoms with E-state index in [0.717, 1.165) is 12.0 Å². The molecule has 2 N–H and O–H groups in total. The molecule has 0 saturated heterocycles. The first kappa shape index (κ1) is 14.6. The van der Waals surface area contributed by atoms with Crippen molar-refractivity contribution >= 4 is 19.6 Å². The van der Waals surface area contributed by atoms with Crippen LogP contribution in [0.3, 0.4) is 0 Å². The molecule has 0 radical (unpaired) electrons. The molecule has 0 aliphatic carbocycles. The molecule has 2 atom stereocenters. The lowest BCUT2D eigenvalue weighted by Crippen LogP contribution is -2.15. The van der Waals surface area contributed by atoms with E-state index in [1.165, 1.54) is 0 Å². The Labute approximate surface area is 108 Å². The summed E-state index contributed by atoms with van der Waals surface area (Å²) < 4.78 is 16.9. The van der Waals surface area contributed by atoms with Gasteiger partial charge in [-0.3, -0.25) is 0 Å². The third kappa shape index (κ3) is 5.13. The maximum Gasteiger partial charge on any atom is 0.508 e. The van der Waals surface area contributed by atoms with Crippen molar-refractivity contribution in [1.29, 1.82) is 0 Å². The number of benzene rings is 1. The molecule has 0 spiro atoms. The summed E-state index contributed by atoms with van der Waals surface area (Å²) in [5, 5.41) is 0.691. The Kier molecular flexibility index (Phi) is 6.68. The minimum absolute atomic E-state index is 0.0627. The molecule has 0 aliphatic heterocycles. The average Bonchev–Trinajstić information content (AvgIpc) is 2.34. The van der Waals surface area contributed by atoms with Crippen LogP contribution in [0.1, 0.15) is 24.8 Å². The number of hydrogen-bond acceptors (Lipinski definition) is 3. The van der Waals surface area contributed by atoms with Crippen LogP contribution in [0.4, 0.5) is 0 Å². The van der Waals surface area contributed by atoms with Gasteiger partial charge >= 0.3 is 8.03 Å². The third-order valence-electron chi connectivity index (χ3n) is 2.43. The van der Waals surface area contributed by atoms with Gasteiger partial charge in [-0.2, -0.15) is 0 Å². The number of nitrogens with two attached hydrogens (primary N) is 1. The van der Waals surface area contributed by atoms with Gasteiger partial charge in [-0.25, -0.2) is 0 Å². The monoisotopic (exact) mass is 274 g/mol. The predicted octanol–water partition coefficient (Wildman–Crippen LogP) is 3.55. The van der Waals surface area contributed by atoms with Gasteiger partial charge < -0.3 is 5.73 Å². The van der Waals surface area contributed by atoms with Gasteiger partial charge in [0, 0.05) is 17.5 Å². The zero-order valence-corrected chi connectivity index (χ0v) is 11.6. The van der Waals surface area contributed by atoms with Crippen molar-refractivity contribution in [3.05, 3.63) is 34.9 Å². The van der Waals surface area contributed by atoms with Crippen molar-refractivity contribution < 1.29 is 9.09 Å². The highest BCUT2D eigenvalue weighted by molar-refractivity contribution is 7.39. The Bertz CT molecular complexity index is 356. The summed E-state index contributed by atoms with van der Waals surface area (Å²) in [6.07, 6.45) is 1.34. The molecule has 0 aliphatic rings. The molecule has 0 aromatic heterocycles. The summed E-state index contributed by atoms with van der Waals surface area (Å²) in [5.41, 5.74) is 6.76. The van der Waals surface area contributed by atoms with Crippen LogP contribution in [0.25, 0.3) is 0 Å². The summed E-state index contributed by atoms with van der Waals surface area (Å²) in [7, 11) is -1.63. The largest absolute Gasteiger partial charge is 0.508 e. The topological polar surface area (TPSA) is 52.3 Å². The van der Waals surface area contributed by atoms with Crippen LogP contribution >= 0.6 is 19.6 Å². The predicted molar refractivity (Wildman–Crippen MR) is 72.0 cm³/mol. The van der Waals surface area contributed by atoms with Crippen LogP contribution in [-0.2, 0) is 9.09 Å². The molecule has 3 nitrogen and oxygen atoms in total. The fourth-order valence-electron chi connectivity index (χ4n) is 1.48. The van der Waals surface area contributed by atoms with Crippen molar-refractivity contribution in [2.75, 3.05) is 19.3 Å². The fraction of sp³-hybridized carbons (Fsp3) is 0.500. The van der Waals surface area contributed by atoms with E-state index >= 15 is 0 Å². The molecule has 5 heteroatoms. The lowest BCUT2D eigenvalue weighted by atomic mass is 10.0. The van der Waals surface area contributed by atoms with Gasteiger partial charge in [0.05, 0.1) is 0 Å². The van der Waals surface area contributed by atoms with E-state index in [1.54, 1.807) is 0 Å². The lowest BCUT2D eigenvalue weighted by molar-refractivity contribution is 0.327. The molecular weight excluding hydrogens is 257 g/mol. The molecular formula is C12H18ClNO2P+. The Morgan fingerprint density at radius 3 is 2.59 bits per heavy atom. The van der Waals surface area contributed by atoms with E-state index in [-0.39, 0.29) is 5.92 Å². The van der Waals surface area contributed by atoms with Crippen LogP contribution < -0.4 is 5.73 Å². The van der Waals surface area contributed by atoms with Crippen molar-refractivity contribution in [1.82, 2.24) is 0 Å². The minimum atomic E-state index is -1.63. The second kappa shape index (κ2) is 7.78. The lowest BCUT2D eigenvalue weighted by Gasteiger charge is -2.09. The van der Waals surface area contributed by atoms with E-state index in [2.05, 4.69) is 0 Å². The van der Waals surface area contributed by atoms with Crippen LogP contribution in [-0.4, -0.2) is 19.3 Å². The molecule has 0 fully saturated rings. The summed E-state index contributed by atoms with van der Waals surface area (Å²) in [6, 6.07) is 7.48. The van der Waals surface area contributed by atoms with Gasteiger partial charge in [-0.1, -0.05) is 30.7 Å². The van der Waals surface area contributed by atoms with Gasteiger partial charge in [-0.15, -0.1) is 4.52 Å². The first-order chi connectivity index (χ1) is 8.17. The van der Waals surface area contributed by atoms with Crippen molar-refractivity contribution in [2.45, 2.75) is 19.3 Å². The van der Waals surface area contributed by atoms with Gasteiger partial charge in [-0.05, 0) is 28.7 Å². The normalized spacial score (nSPS) is 13.5. The number of rotatable bonds is 7. The van der Waals surface area contributed by atoms with Crippen LogP contribution in [0.2, 0.25) is 5.02 Å². The summed E-state index contributed by atoms with van der Waals surface area (Å²) >= 11 is 5.82. The molecule has 0 bridgehead atoms. The molecule has 1 aromatic carbocycles. The smallest absolute Gasteiger partial charge is 0.330 e. The highest BCUT2D eigenvalue weighted by atomic mass is 35.5. The average molecular weight is 275 g/mol. The van der Waals surface area contributed by atoms with E-state index in [1.807, 2.05) is 31.2 Å². The van der Waals surface area contributed by atoms with Crippen molar-refractivity contribution in [3.8, 4) is 0 Å². The fourth-order valence-corrected chi connectivity index (χ4v) is 2.81. The standard InChI is InChI=1S/C12H18ClNO2P/c1-2-7-16-17(15)9-11(8-14)10-3-5-12(13)6-4-10/h3-6,11H,2,7-9,14H2,1H3/q+1. The Morgan fingerprint density at radius 1 is 1.41 bits per heavy atom. The van der Waals surface area contributed by atoms with Gasteiger partial charge in [0.15, 0.2) is 6.16 Å². The number of halogens is 1.